The molecule has 1 aromatic heterocycles. The van der Waals surface area contributed by atoms with E-state index in [4.69, 9.17) is 9.72 Å². The third kappa shape index (κ3) is 6.01. The monoisotopic (exact) mass is 582 g/mol. The van der Waals surface area contributed by atoms with E-state index in [9.17, 15) is 5.11 Å². The Morgan fingerprint density at radius 2 is 1.62 bits per heavy atom. The number of fused-ring (bicyclic) bond motifs is 2. The standard InChI is InChI=1S/C34H35BrN2O2/c1-37(2)21-20-34(38,19-18-25-14-9-13-24-10-7-8-15-29(24)25)32(26-11-5-4-6-12-26)30-23-27-22-28(35)16-17-31(27)36-33(30)39-3/h4-17,22-23,32,38H,18-21H2,1-3H3. The third-order valence-electron chi connectivity index (χ3n) is 7.64. The van der Waals surface area contributed by atoms with Crippen molar-refractivity contribution in [3.05, 3.63) is 118 Å². The fraction of sp³-hybridized carbons (Fsp3) is 0.265. The van der Waals surface area contributed by atoms with Gasteiger partial charge in [0.05, 0.1) is 18.2 Å². The Labute approximate surface area is 239 Å². The van der Waals surface area contributed by atoms with Gasteiger partial charge in [-0.25, -0.2) is 4.98 Å². The number of benzene rings is 4. The van der Waals surface area contributed by atoms with E-state index in [2.05, 4.69) is 102 Å². The van der Waals surface area contributed by atoms with E-state index in [1.807, 2.05) is 30.3 Å². The first-order valence-electron chi connectivity index (χ1n) is 13.4. The van der Waals surface area contributed by atoms with E-state index in [1.54, 1.807) is 7.11 Å². The van der Waals surface area contributed by atoms with Crippen molar-refractivity contribution in [2.75, 3.05) is 27.7 Å². The van der Waals surface area contributed by atoms with Gasteiger partial charge in [0, 0.05) is 27.9 Å². The predicted molar refractivity (Wildman–Crippen MR) is 165 cm³/mol. The van der Waals surface area contributed by atoms with Crippen LogP contribution in [0, 0.1) is 0 Å². The molecule has 0 saturated carbocycles. The maximum atomic E-state index is 12.8. The molecule has 2 atom stereocenters. The molecule has 4 aromatic carbocycles. The number of ether oxygens (including phenoxy) is 1. The SMILES string of the molecule is COc1nc2ccc(Br)cc2cc1C(c1ccccc1)C(O)(CCc1cccc2ccccc12)CCN(C)C. The molecule has 4 nitrogen and oxygen atoms in total. The fourth-order valence-corrected chi connectivity index (χ4v) is 6.01. The number of aromatic nitrogens is 1. The summed E-state index contributed by atoms with van der Waals surface area (Å²) in [5.41, 5.74) is 2.99. The normalized spacial score (nSPS) is 14.0. The van der Waals surface area contributed by atoms with Crippen molar-refractivity contribution in [3.63, 3.8) is 0 Å². The summed E-state index contributed by atoms with van der Waals surface area (Å²) in [5, 5.41) is 16.2. The molecule has 1 N–H and O–H groups in total. The quantitative estimate of drug-likeness (QED) is 0.184. The third-order valence-corrected chi connectivity index (χ3v) is 8.14. The number of halogens is 1. The maximum absolute atomic E-state index is 12.8. The maximum Gasteiger partial charge on any atom is 0.217 e. The minimum atomic E-state index is -1.06. The second kappa shape index (κ2) is 11.9. The highest BCUT2D eigenvalue weighted by Crippen LogP contribution is 2.44. The minimum absolute atomic E-state index is 0.334. The zero-order valence-electron chi connectivity index (χ0n) is 22.8. The fourth-order valence-electron chi connectivity index (χ4n) is 5.63. The van der Waals surface area contributed by atoms with E-state index in [0.717, 1.165) is 39.5 Å². The summed E-state index contributed by atoms with van der Waals surface area (Å²) in [6.45, 7) is 0.754. The Hall–Kier alpha value is -3.25. The van der Waals surface area contributed by atoms with Gasteiger partial charge in [0.25, 0.3) is 0 Å². The van der Waals surface area contributed by atoms with Gasteiger partial charge in [-0.05, 0) is 79.5 Å². The molecule has 5 rings (SSSR count). The minimum Gasteiger partial charge on any atom is -0.481 e. The van der Waals surface area contributed by atoms with Gasteiger partial charge in [0.2, 0.25) is 5.88 Å². The average Bonchev–Trinajstić information content (AvgIpc) is 2.95. The van der Waals surface area contributed by atoms with Gasteiger partial charge < -0.3 is 14.7 Å². The van der Waals surface area contributed by atoms with Crippen molar-refractivity contribution in [1.82, 2.24) is 9.88 Å². The van der Waals surface area contributed by atoms with Crippen molar-refractivity contribution in [3.8, 4) is 5.88 Å². The van der Waals surface area contributed by atoms with Gasteiger partial charge >= 0.3 is 0 Å². The lowest BCUT2D eigenvalue weighted by Crippen LogP contribution is -2.40. The molecule has 0 aliphatic carbocycles. The summed E-state index contributed by atoms with van der Waals surface area (Å²) in [5.74, 6) is 0.214. The molecule has 39 heavy (non-hydrogen) atoms. The van der Waals surface area contributed by atoms with Crippen LogP contribution in [0.4, 0.5) is 0 Å². The summed E-state index contributed by atoms with van der Waals surface area (Å²) in [7, 11) is 5.77. The van der Waals surface area contributed by atoms with E-state index >= 15 is 0 Å². The Morgan fingerprint density at radius 1 is 0.872 bits per heavy atom. The summed E-state index contributed by atoms with van der Waals surface area (Å²) in [6, 6.07) is 33.4. The van der Waals surface area contributed by atoms with Crippen LogP contribution in [0.5, 0.6) is 5.88 Å². The van der Waals surface area contributed by atoms with Crippen molar-refractivity contribution in [2.45, 2.75) is 30.8 Å². The molecule has 0 aliphatic heterocycles. The van der Waals surface area contributed by atoms with E-state index in [0.29, 0.717) is 18.7 Å². The highest BCUT2D eigenvalue weighted by molar-refractivity contribution is 9.10. The number of nitrogens with zero attached hydrogens (tertiary/aromatic N) is 2. The van der Waals surface area contributed by atoms with Gasteiger partial charge in [-0.1, -0.05) is 88.7 Å². The van der Waals surface area contributed by atoms with Crippen LogP contribution in [0.1, 0.15) is 35.4 Å². The van der Waals surface area contributed by atoms with E-state index in [1.165, 1.54) is 16.3 Å². The van der Waals surface area contributed by atoms with Gasteiger partial charge in [-0.2, -0.15) is 0 Å². The van der Waals surface area contributed by atoms with E-state index in [-0.39, 0.29) is 5.92 Å². The number of methoxy groups -OCH3 is 1. The molecule has 0 bridgehead atoms. The van der Waals surface area contributed by atoms with Crippen LogP contribution in [-0.2, 0) is 6.42 Å². The average molecular weight is 584 g/mol. The first kappa shape index (κ1) is 27.3. The van der Waals surface area contributed by atoms with Crippen molar-refractivity contribution in [2.24, 2.45) is 0 Å². The molecule has 5 heteroatoms. The van der Waals surface area contributed by atoms with Gasteiger partial charge in [-0.3, -0.25) is 0 Å². The number of aliphatic hydroxyl groups is 1. The first-order chi connectivity index (χ1) is 18.9. The molecule has 0 spiro atoms. The molecule has 200 valence electrons. The van der Waals surface area contributed by atoms with Crippen LogP contribution >= 0.6 is 15.9 Å². The molecule has 0 fully saturated rings. The lowest BCUT2D eigenvalue weighted by molar-refractivity contribution is 0.000847. The number of rotatable bonds is 10. The Kier molecular flexibility index (Phi) is 8.31. The predicted octanol–water partition coefficient (Wildman–Crippen LogP) is 7.61. The lowest BCUT2D eigenvalue weighted by Gasteiger charge is -2.38. The summed E-state index contributed by atoms with van der Waals surface area (Å²) < 4.78 is 6.87. The molecular weight excluding hydrogens is 548 g/mol. The summed E-state index contributed by atoms with van der Waals surface area (Å²) in [4.78, 5) is 7.02. The molecule has 1 heterocycles. The van der Waals surface area contributed by atoms with Crippen molar-refractivity contribution < 1.29 is 9.84 Å². The molecule has 5 aromatic rings. The highest BCUT2D eigenvalue weighted by Gasteiger charge is 2.40. The number of hydrogen-bond donors (Lipinski definition) is 1. The second-order valence-electron chi connectivity index (χ2n) is 10.6. The number of pyridine rings is 1. The topological polar surface area (TPSA) is 45.6 Å². The molecule has 0 radical (unpaired) electrons. The van der Waals surface area contributed by atoms with E-state index < -0.39 is 5.60 Å². The smallest absolute Gasteiger partial charge is 0.217 e. The molecule has 0 aliphatic rings. The highest BCUT2D eigenvalue weighted by atomic mass is 79.9. The molecule has 0 saturated heterocycles. The van der Waals surface area contributed by atoms with Gasteiger partial charge in [0.1, 0.15) is 0 Å². The van der Waals surface area contributed by atoms with Crippen molar-refractivity contribution in [1.29, 1.82) is 0 Å². The van der Waals surface area contributed by atoms with Crippen LogP contribution in [0.2, 0.25) is 0 Å². The second-order valence-corrected chi connectivity index (χ2v) is 11.5. The molecule has 0 amide bonds. The van der Waals surface area contributed by atoms with Gasteiger partial charge in [-0.15, -0.1) is 0 Å². The molecular formula is C34H35BrN2O2. The lowest BCUT2D eigenvalue weighted by atomic mass is 9.72. The summed E-state index contributed by atoms with van der Waals surface area (Å²) >= 11 is 3.61. The Bertz CT molecular complexity index is 1570. The zero-order chi connectivity index (χ0) is 27.4. The zero-order valence-corrected chi connectivity index (χ0v) is 24.4. The summed E-state index contributed by atoms with van der Waals surface area (Å²) in [6.07, 6.45) is 1.95. The molecule has 2 unspecified atom stereocenters. The Morgan fingerprint density at radius 3 is 2.38 bits per heavy atom. The van der Waals surface area contributed by atoms with Gasteiger partial charge in [0.15, 0.2) is 0 Å². The van der Waals surface area contributed by atoms with Crippen LogP contribution < -0.4 is 4.74 Å². The largest absolute Gasteiger partial charge is 0.481 e. The van der Waals surface area contributed by atoms with Crippen LogP contribution in [0.25, 0.3) is 21.7 Å². The number of aryl methyl sites for hydroxylation is 1. The first-order valence-corrected chi connectivity index (χ1v) is 14.2. The van der Waals surface area contributed by atoms with Crippen LogP contribution in [-0.4, -0.2) is 48.3 Å². The van der Waals surface area contributed by atoms with Crippen LogP contribution in [0.15, 0.2) is 102 Å². The Balaban J connectivity index is 1.65. The number of hydrogen-bond acceptors (Lipinski definition) is 4. The van der Waals surface area contributed by atoms with Crippen LogP contribution in [0.3, 0.4) is 0 Å². The van der Waals surface area contributed by atoms with Crippen molar-refractivity contribution >= 4 is 37.6 Å².